The number of hydrogen-bond acceptors (Lipinski definition) is 4. The standard InChI is InChI=1S/H11O4Si5/c5-1-7-3-9-4-8-2-6/h5,7-9H2,6H3. The Morgan fingerprint density at radius 3 is 2.33 bits per heavy atom. The van der Waals surface area contributed by atoms with Crippen molar-refractivity contribution in [2.45, 2.75) is 0 Å². The first-order valence-electron chi connectivity index (χ1n) is 2.43. The molecule has 0 N–H and O–H groups in total. The summed E-state index contributed by atoms with van der Waals surface area (Å²) in [5.74, 6) is 0. The molecule has 0 spiro atoms. The van der Waals surface area contributed by atoms with Crippen molar-refractivity contribution < 1.29 is 16.5 Å². The summed E-state index contributed by atoms with van der Waals surface area (Å²) in [7, 11) is 0.247. The summed E-state index contributed by atoms with van der Waals surface area (Å²) in [5.41, 5.74) is 0. The van der Waals surface area contributed by atoms with Crippen LogP contribution in [0.1, 0.15) is 0 Å². The molecule has 0 bridgehead atoms. The molecule has 0 fully saturated rings. The van der Waals surface area contributed by atoms with Crippen LogP contribution in [-0.4, -0.2) is 51.0 Å². The minimum Gasteiger partial charge on any atom is -0.449 e. The predicted molar refractivity (Wildman–Crippen MR) is 48.5 cm³/mol. The van der Waals surface area contributed by atoms with E-state index in [0.717, 1.165) is 10.5 Å². The molecule has 0 saturated heterocycles. The first kappa shape index (κ1) is 9.92. The SMILES string of the molecule is [SiH2]O[SiH2]O[SiH2]O[SiH2]O[SiH3]. The van der Waals surface area contributed by atoms with Gasteiger partial charge >= 0.3 is 0 Å². The van der Waals surface area contributed by atoms with Gasteiger partial charge in [0.1, 0.15) is 10.5 Å². The Labute approximate surface area is 67.9 Å². The van der Waals surface area contributed by atoms with E-state index in [9.17, 15) is 0 Å². The highest BCUT2D eigenvalue weighted by Gasteiger charge is 1.86. The van der Waals surface area contributed by atoms with Gasteiger partial charge in [-0.25, -0.2) is 0 Å². The Morgan fingerprint density at radius 1 is 1.11 bits per heavy atom. The summed E-state index contributed by atoms with van der Waals surface area (Å²) >= 11 is 0. The maximum Gasteiger partial charge on any atom is 0.286 e. The normalized spacial score (nSPS) is 14.3. The maximum atomic E-state index is 5.11. The lowest BCUT2D eigenvalue weighted by atomic mass is 15.7. The average Bonchev–Trinajstić information content (AvgIpc) is 1.89. The lowest BCUT2D eigenvalue weighted by molar-refractivity contribution is 0.410. The molecule has 9 heavy (non-hydrogen) atoms. The fraction of sp³-hybridized carbons (Fsp3) is 0. The lowest BCUT2D eigenvalue weighted by Gasteiger charge is -2.01. The van der Waals surface area contributed by atoms with Crippen molar-refractivity contribution in [1.82, 2.24) is 0 Å². The molecule has 55 valence electrons. The first-order chi connectivity index (χ1) is 4.41. The third kappa shape index (κ3) is 8.92. The molecule has 9 heteroatoms. The van der Waals surface area contributed by atoms with Crippen molar-refractivity contribution in [2.24, 2.45) is 0 Å². The topological polar surface area (TPSA) is 36.9 Å². The molecule has 0 atom stereocenters. The molecule has 0 aliphatic rings. The molecule has 0 aliphatic carbocycles. The van der Waals surface area contributed by atoms with Gasteiger partial charge in [-0.1, -0.05) is 0 Å². The molecule has 0 saturated carbocycles. The van der Waals surface area contributed by atoms with Crippen molar-refractivity contribution in [3.8, 4) is 0 Å². The molecule has 0 aromatic heterocycles. The molecule has 1 radical (unpaired) electrons. The molecule has 0 amide bonds. The predicted octanol–water partition coefficient (Wildman–Crippen LogP) is -5.12. The fourth-order valence-corrected chi connectivity index (χ4v) is 6.04. The van der Waals surface area contributed by atoms with Gasteiger partial charge in [-0.2, -0.15) is 0 Å². The summed E-state index contributed by atoms with van der Waals surface area (Å²) in [6, 6.07) is 0. The highest BCUT2D eigenvalue weighted by molar-refractivity contribution is 6.44. The molecule has 0 aromatic carbocycles. The van der Waals surface area contributed by atoms with Gasteiger partial charge < -0.3 is 16.5 Å². The Balaban J connectivity index is 2.60. The van der Waals surface area contributed by atoms with Gasteiger partial charge in [0, 0.05) is 0 Å². The maximum absolute atomic E-state index is 5.11. The second-order valence-electron chi connectivity index (χ2n) is 1.25. The smallest absolute Gasteiger partial charge is 0.286 e. The van der Waals surface area contributed by atoms with Crippen LogP contribution in [-0.2, 0) is 16.5 Å². The summed E-state index contributed by atoms with van der Waals surface area (Å²) < 4.78 is 19.9. The third-order valence-corrected chi connectivity index (χ3v) is 4.81. The van der Waals surface area contributed by atoms with Crippen LogP contribution in [0.2, 0.25) is 0 Å². The van der Waals surface area contributed by atoms with E-state index in [1.807, 2.05) is 0 Å². The summed E-state index contributed by atoms with van der Waals surface area (Å²) in [5, 5.41) is 0. The minimum atomic E-state index is -0.711. The summed E-state index contributed by atoms with van der Waals surface area (Å²) in [4.78, 5) is 0. The van der Waals surface area contributed by atoms with Gasteiger partial charge in [-0.15, -0.1) is 0 Å². The van der Waals surface area contributed by atoms with Crippen molar-refractivity contribution in [2.75, 3.05) is 0 Å². The van der Waals surface area contributed by atoms with E-state index in [4.69, 9.17) is 16.5 Å². The zero-order valence-corrected chi connectivity index (χ0v) is 13.1. The highest BCUT2D eigenvalue weighted by Crippen LogP contribution is 1.69. The molecule has 0 aromatic rings. The zero-order valence-electron chi connectivity index (χ0n) is 5.46. The highest BCUT2D eigenvalue weighted by atomic mass is 28.4. The third-order valence-electron chi connectivity index (χ3n) is 0.535. The van der Waals surface area contributed by atoms with E-state index in [0.29, 0.717) is 0 Å². The quantitative estimate of drug-likeness (QED) is 0.328. The molecular formula is H11O4Si5. The Bertz CT molecular complexity index is 42.2. The van der Waals surface area contributed by atoms with E-state index >= 15 is 0 Å². The molecule has 0 rings (SSSR count). The van der Waals surface area contributed by atoms with Crippen molar-refractivity contribution in [3.05, 3.63) is 0 Å². The second-order valence-corrected chi connectivity index (χ2v) is 9.17. The average molecular weight is 216 g/mol. The van der Waals surface area contributed by atoms with Crippen molar-refractivity contribution in [3.63, 3.8) is 0 Å². The summed E-state index contributed by atoms with van der Waals surface area (Å²) in [6.45, 7) is 0. The van der Waals surface area contributed by atoms with E-state index < -0.39 is 30.0 Å². The molecular weight excluding hydrogens is 204 g/mol. The van der Waals surface area contributed by atoms with Crippen LogP contribution in [0.4, 0.5) is 0 Å². The molecule has 4 nitrogen and oxygen atoms in total. The van der Waals surface area contributed by atoms with Gasteiger partial charge in [0.25, 0.3) is 30.0 Å². The van der Waals surface area contributed by atoms with Gasteiger partial charge in [0.2, 0.25) is 0 Å². The Hall–Kier alpha value is 0.924. The van der Waals surface area contributed by atoms with Crippen molar-refractivity contribution in [1.29, 1.82) is 0 Å². The van der Waals surface area contributed by atoms with Crippen LogP contribution >= 0.6 is 0 Å². The van der Waals surface area contributed by atoms with E-state index in [2.05, 4.69) is 0 Å². The van der Waals surface area contributed by atoms with Crippen LogP contribution in [0.15, 0.2) is 0 Å². The first-order valence-corrected chi connectivity index (χ1v) is 7.29. The van der Waals surface area contributed by atoms with Crippen LogP contribution in [0.5, 0.6) is 0 Å². The van der Waals surface area contributed by atoms with Crippen LogP contribution in [0.25, 0.3) is 0 Å². The monoisotopic (exact) mass is 215 g/mol. The Morgan fingerprint density at radius 2 is 1.78 bits per heavy atom. The molecule has 0 unspecified atom stereocenters. The number of rotatable bonds is 6. The lowest BCUT2D eigenvalue weighted by Crippen LogP contribution is -2.13. The largest absolute Gasteiger partial charge is 0.449 e. The number of hydrogen-bond donors (Lipinski definition) is 0. The summed E-state index contributed by atoms with van der Waals surface area (Å²) in [6.07, 6.45) is 0. The zero-order chi connectivity index (χ0) is 6.95. The van der Waals surface area contributed by atoms with Gasteiger partial charge in [0.15, 0.2) is 10.5 Å². The van der Waals surface area contributed by atoms with Crippen LogP contribution < -0.4 is 0 Å². The minimum absolute atomic E-state index is 0.639. The molecule has 0 aliphatic heterocycles. The van der Waals surface area contributed by atoms with Crippen LogP contribution in [0, 0.1) is 0 Å². The van der Waals surface area contributed by atoms with Gasteiger partial charge in [0.05, 0.1) is 0 Å². The van der Waals surface area contributed by atoms with Gasteiger partial charge in [-0.05, 0) is 0 Å². The van der Waals surface area contributed by atoms with Crippen LogP contribution in [0.3, 0.4) is 0 Å². The second kappa shape index (κ2) is 8.92. The fourth-order valence-electron chi connectivity index (χ4n) is 0.269. The van der Waals surface area contributed by atoms with E-state index in [1.165, 1.54) is 10.5 Å². The Kier molecular flexibility index (Phi) is 9.84. The van der Waals surface area contributed by atoms with E-state index in [1.54, 1.807) is 0 Å². The van der Waals surface area contributed by atoms with Gasteiger partial charge in [-0.3, -0.25) is 0 Å². The van der Waals surface area contributed by atoms with Crippen molar-refractivity contribution >= 4 is 51.0 Å². The van der Waals surface area contributed by atoms with E-state index in [-0.39, 0.29) is 0 Å². The molecule has 0 heterocycles.